The van der Waals surface area contributed by atoms with Crippen molar-refractivity contribution < 1.29 is 26.7 Å². The SMILES string of the molecule is C[C@H]1CC2=C(CN1C(=O)c1cccc(C(F)(F)F)c1F)NNN2c1ncc(F)cn1. The van der Waals surface area contributed by atoms with Crippen LogP contribution in [0.15, 0.2) is 42.0 Å². The Hall–Kier alpha value is -3.28. The minimum atomic E-state index is -4.91. The molecule has 1 atom stereocenters. The molecule has 7 nitrogen and oxygen atoms in total. The largest absolute Gasteiger partial charge is 0.419 e. The lowest BCUT2D eigenvalue weighted by Gasteiger charge is -2.34. The van der Waals surface area contributed by atoms with Crippen LogP contribution in [-0.2, 0) is 6.18 Å². The fourth-order valence-electron chi connectivity index (χ4n) is 3.39. The Morgan fingerprint density at radius 1 is 1.20 bits per heavy atom. The van der Waals surface area contributed by atoms with Crippen LogP contribution in [0.25, 0.3) is 0 Å². The van der Waals surface area contributed by atoms with Gasteiger partial charge < -0.3 is 10.3 Å². The Morgan fingerprint density at radius 3 is 2.57 bits per heavy atom. The van der Waals surface area contributed by atoms with Crippen molar-refractivity contribution in [2.45, 2.75) is 25.6 Å². The molecule has 1 aromatic carbocycles. The monoisotopic (exact) mass is 426 g/mol. The van der Waals surface area contributed by atoms with Gasteiger partial charge >= 0.3 is 6.18 Å². The maximum atomic E-state index is 14.4. The van der Waals surface area contributed by atoms with Gasteiger partial charge in [0.25, 0.3) is 5.91 Å². The maximum absolute atomic E-state index is 14.4. The molecule has 0 unspecified atom stereocenters. The fraction of sp³-hybridized carbons (Fsp3) is 0.278. The zero-order chi connectivity index (χ0) is 21.6. The number of rotatable bonds is 2. The number of nitrogens with one attached hydrogen (secondary N) is 2. The molecule has 2 aliphatic heterocycles. The Balaban J connectivity index is 1.61. The summed E-state index contributed by atoms with van der Waals surface area (Å²) < 4.78 is 66.4. The molecule has 0 fully saturated rings. The van der Waals surface area contributed by atoms with Crippen molar-refractivity contribution in [3.63, 3.8) is 0 Å². The molecular formula is C18H15F5N6O. The molecular weight excluding hydrogens is 411 g/mol. The van der Waals surface area contributed by atoms with Gasteiger partial charge in [-0.05, 0) is 19.1 Å². The predicted molar refractivity (Wildman–Crippen MR) is 94.3 cm³/mol. The second kappa shape index (κ2) is 7.20. The molecule has 158 valence electrons. The lowest BCUT2D eigenvalue weighted by atomic mass is 10.0. The number of benzene rings is 1. The van der Waals surface area contributed by atoms with Crippen LogP contribution in [0, 0.1) is 11.6 Å². The average molecular weight is 426 g/mol. The number of hydrazine groups is 2. The van der Waals surface area contributed by atoms with Crippen molar-refractivity contribution in [3.8, 4) is 0 Å². The zero-order valence-electron chi connectivity index (χ0n) is 15.5. The quantitative estimate of drug-likeness (QED) is 0.720. The van der Waals surface area contributed by atoms with Crippen molar-refractivity contribution in [1.82, 2.24) is 25.8 Å². The van der Waals surface area contributed by atoms with E-state index in [1.165, 1.54) is 9.91 Å². The maximum Gasteiger partial charge on any atom is 0.419 e. The first-order chi connectivity index (χ1) is 14.2. The van der Waals surface area contributed by atoms with Crippen LogP contribution in [0.3, 0.4) is 0 Å². The van der Waals surface area contributed by atoms with Gasteiger partial charge in [-0.3, -0.25) is 4.79 Å². The second-order valence-corrected chi connectivity index (χ2v) is 6.85. The van der Waals surface area contributed by atoms with Crippen LogP contribution in [0.2, 0.25) is 0 Å². The van der Waals surface area contributed by atoms with Crippen molar-refractivity contribution in [3.05, 3.63) is 64.7 Å². The Bertz CT molecular complexity index is 1020. The highest BCUT2D eigenvalue weighted by atomic mass is 19.4. The van der Waals surface area contributed by atoms with E-state index in [-0.39, 0.29) is 18.9 Å². The van der Waals surface area contributed by atoms with E-state index in [1.54, 1.807) is 6.92 Å². The smallest absolute Gasteiger partial charge is 0.330 e. The summed E-state index contributed by atoms with van der Waals surface area (Å²) in [5.74, 6) is -2.88. The second-order valence-electron chi connectivity index (χ2n) is 6.85. The van der Waals surface area contributed by atoms with Crippen molar-refractivity contribution in [2.24, 2.45) is 0 Å². The lowest BCUT2D eigenvalue weighted by Crippen LogP contribution is -2.45. The minimum Gasteiger partial charge on any atom is -0.330 e. The third kappa shape index (κ3) is 3.43. The normalized spacial score (nSPS) is 19.1. The Labute approximate surface area is 167 Å². The van der Waals surface area contributed by atoms with E-state index in [0.717, 1.165) is 24.5 Å². The van der Waals surface area contributed by atoms with Crippen LogP contribution in [0.5, 0.6) is 0 Å². The molecule has 1 amide bonds. The molecule has 3 heterocycles. The molecule has 12 heteroatoms. The summed E-state index contributed by atoms with van der Waals surface area (Å²) in [6, 6.07) is 2.16. The summed E-state index contributed by atoms with van der Waals surface area (Å²) in [5.41, 5.74) is 4.73. The first-order valence-corrected chi connectivity index (χ1v) is 8.85. The first-order valence-electron chi connectivity index (χ1n) is 8.85. The molecule has 0 saturated heterocycles. The topological polar surface area (TPSA) is 73.4 Å². The molecule has 0 spiro atoms. The molecule has 0 radical (unpaired) electrons. The molecule has 30 heavy (non-hydrogen) atoms. The summed E-state index contributed by atoms with van der Waals surface area (Å²) in [6.45, 7) is 1.69. The number of nitrogens with zero attached hydrogens (tertiary/aromatic N) is 4. The third-order valence-electron chi connectivity index (χ3n) is 4.89. The number of carbonyl (C=O) groups excluding carboxylic acids is 1. The standard InChI is InChI=1S/C18H15F5N6O/c1-9-5-14-13(26-27-29(14)17-24-6-10(19)7-25-17)8-28(9)16(30)11-3-2-4-12(15(11)20)18(21,22)23/h2-4,6-7,9,26-27H,5,8H2,1H3/t9-/m0/s1. The van der Waals surface area contributed by atoms with Gasteiger partial charge in [-0.2, -0.15) is 13.2 Å². The molecule has 0 aliphatic carbocycles. The number of amides is 1. The lowest BCUT2D eigenvalue weighted by molar-refractivity contribution is -0.140. The summed E-state index contributed by atoms with van der Waals surface area (Å²) in [5, 5.41) is 1.48. The van der Waals surface area contributed by atoms with Crippen molar-refractivity contribution >= 4 is 11.9 Å². The molecule has 2 aliphatic rings. The molecule has 1 aromatic heterocycles. The summed E-state index contributed by atoms with van der Waals surface area (Å²) >= 11 is 0. The van der Waals surface area contributed by atoms with E-state index in [2.05, 4.69) is 20.9 Å². The zero-order valence-corrected chi connectivity index (χ0v) is 15.5. The van der Waals surface area contributed by atoms with Gasteiger partial charge in [0.2, 0.25) is 5.95 Å². The van der Waals surface area contributed by atoms with Gasteiger partial charge in [-0.25, -0.2) is 23.8 Å². The van der Waals surface area contributed by atoms with Gasteiger partial charge in [0.1, 0.15) is 5.82 Å². The highest BCUT2D eigenvalue weighted by Crippen LogP contribution is 2.34. The Kier molecular flexibility index (Phi) is 4.80. The van der Waals surface area contributed by atoms with Gasteiger partial charge in [0.05, 0.1) is 41.5 Å². The van der Waals surface area contributed by atoms with Crippen molar-refractivity contribution in [2.75, 3.05) is 11.6 Å². The number of hydrogen-bond donors (Lipinski definition) is 2. The van der Waals surface area contributed by atoms with E-state index in [9.17, 15) is 26.7 Å². The number of anilines is 1. The third-order valence-corrected chi connectivity index (χ3v) is 4.89. The van der Waals surface area contributed by atoms with Crippen LogP contribution < -0.4 is 16.0 Å². The average Bonchev–Trinajstić information content (AvgIpc) is 3.09. The van der Waals surface area contributed by atoms with Crippen LogP contribution in [-0.4, -0.2) is 33.4 Å². The van der Waals surface area contributed by atoms with Crippen LogP contribution >= 0.6 is 0 Å². The van der Waals surface area contributed by atoms with Gasteiger partial charge in [0, 0.05) is 12.5 Å². The van der Waals surface area contributed by atoms with E-state index in [1.807, 2.05) is 0 Å². The number of aromatic nitrogens is 2. The van der Waals surface area contributed by atoms with Gasteiger partial charge in [-0.15, -0.1) is 5.53 Å². The van der Waals surface area contributed by atoms with Crippen molar-refractivity contribution in [1.29, 1.82) is 0 Å². The van der Waals surface area contributed by atoms with Gasteiger partial charge in [0.15, 0.2) is 5.82 Å². The molecule has 2 N–H and O–H groups in total. The van der Waals surface area contributed by atoms with E-state index < -0.39 is 40.9 Å². The fourth-order valence-corrected chi connectivity index (χ4v) is 3.39. The molecule has 0 bridgehead atoms. The minimum absolute atomic E-state index is 0.00425. The van der Waals surface area contributed by atoms with E-state index in [4.69, 9.17) is 0 Å². The first kappa shape index (κ1) is 20.0. The summed E-state index contributed by atoms with van der Waals surface area (Å²) in [7, 11) is 0. The van der Waals surface area contributed by atoms with Crippen LogP contribution in [0.1, 0.15) is 29.3 Å². The van der Waals surface area contributed by atoms with E-state index in [0.29, 0.717) is 17.5 Å². The highest BCUT2D eigenvalue weighted by Gasteiger charge is 2.39. The van der Waals surface area contributed by atoms with Gasteiger partial charge in [-0.1, -0.05) is 6.07 Å². The highest BCUT2D eigenvalue weighted by molar-refractivity contribution is 5.95. The molecule has 2 aromatic rings. The molecule has 0 saturated carbocycles. The number of hydrogen-bond acceptors (Lipinski definition) is 6. The molecule has 4 rings (SSSR count). The van der Waals surface area contributed by atoms with Crippen LogP contribution in [0.4, 0.5) is 27.9 Å². The number of halogens is 5. The van der Waals surface area contributed by atoms with E-state index >= 15 is 0 Å². The number of alkyl halides is 3. The summed E-state index contributed by atoms with van der Waals surface area (Å²) in [4.78, 5) is 21.9. The summed E-state index contributed by atoms with van der Waals surface area (Å²) in [6.07, 6.45) is -2.62. The Morgan fingerprint density at radius 2 is 1.90 bits per heavy atom. The number of carbonyl (C=O) groups is 1. The predicted octanol–water partition coefficient (Wildman–Crippen LogP) is 2.75.